The van der Waals surface area contributed by atoms with Gasteiger partial charge in [-0.1, -0.05) is 0 Å². The highest BCUT2D eigenvalue weighted by atomic mass is 16.4. The van der Waals surface area contributed by atoms with Gasteiger partial charge in [0.2, 0.25) is 5.91 Å². The van der Waals surface area contributed by atoms with Crippen molar-refractivity contribution in [2.45, 2.75) is 37.2 Å². The average molecular weight is 261 g/mol. The number of aliphatic hydroxyl groups is 1. The molecule has 1 heterocycles. The van der Waals surface area contributed by atoms with Crippen molar-refractivity contribution >= 4 is 17.6 Å². The van der Waals surface area contributed by atoms with Crippen LogP contribution in [-0.2, 0) is 10.2 Å². The predicted molar refractivity (Wildman–Crippen MR) is 68.2 cm³/mol. The molecular formula is C14H15NO4. The summed E-state index contributed by atoms with van der Waals surface area (Å²) >= 11 is 0. The highest BCUT2D eigenvalue weighted by Crippen LogP contribution is 2.47. The first-order valence-corrected chi connectivity index (χ1v) is 6.40. The minimum Gasteiger partial charge on any atom is -0.478 e. The van der Waals surface area contributed by atoms with Gasteiger partial charge < -0.3 is 15.5 Å². The van der Waals surface area contributed by atoms with Gasteiger partial charge in [0.1, 0.15) is 0 Å². The van der Waals surface area contributed by atoms with E-state index in [1.54, 1.807) is 12.1 Å². The van der Waals surface area contributed by atoms with Crippen LogP contribution in [0.4, 0.5) is 5.69 Å². The Morgan fingerprint density at radius 1 is 1.32 bits per heavy atom. The van der Waals surface area contributed by atoms with Gasteiger partial charge in [0, 0.05) is 5.69 Å². The highest BCUT2D eigenvalue weighted by molar-refractivity contribution is 6.07. The molecule has 1 aliphatic carbocycles. The SMILES string of the molecule is O=C(O)c1ccc2c(c1)[C@]1(CC[C@H](O)CC1)C(=O)N2. The lowest BCUT2D eigenvalue weighted by molar-refractivity contribution is -0.122. The third kappa shape index (κ3) is 1.73. The van der Waals surface area contributed by atoms with Gasteiger partial charge in [-0.15, -0.1) is 0 Å². The largest absolute Gasteiger partial charge is 0.478 e. The van der Waals surface area contributed by atoms with Gasteiger partial charge in [0.15, 0.2) is 0 Å². The molecule has 0 aromatic heterocycles. The van der Waals surface area contributed by atoms with E-state index in [9.17, 15) is 14.7 Å². The molecule has 1 aromatic carbocycles. The summed E-state index contributed by atoms with van der Waals surface area (Å²) in [5.74, 6) is -1.06. The second-order valence-corrected chi connectivity index (χ2v) is 5.33. The van der Waals surface area contributed by atoms with Gasteiger partial charge in [-0.2, -0.15) is 0 Å². The number of aliphatic hydroxyl groups excluding tert-OH is 1. The van der Waals surface area contributed by atoms with E-state index in [-0.39, 0.29) is 17.6 Å². The monoisotopic (exact) mass is 261 g/mol. The molecule has 1 amide bonds. The van der Waals surface area contributed by atoms with Gasteiger partial charge in [0.25, 0.3) is 0 Å². The van der Waals surface area contributed by atoms with Crippen LogP contribution >= 0.6 is 0 Å². The number of hydrogen-bond donors (Lipinski definition) is 3. The van der Waals surface area contributed by atoms with Crippen molar-refractivity contribution in [3.63, 3.8) is 0 Å². The number of aromatic carboxylic acids is 1. The fraction of sp³-hybridized carbons (Fsp3) is 0.429. The van der Waals surface area contributed by atoms with Crippen LogP contribution in [0.1, 0.15) is 41.6 Å². The molecule has 0 saturated heterocycles. The van der Waals surface area contributed by atoms with E-state index in [2.05, 4.69) is 5.32 Å². The number of anilines is 1. The van der Waals surface area contributed by atoms with E-state index in [0.29, 0.717) is 31.4 Å². The molecule has 3 N–H and O–H groups in total. The van der Waals surface area contributed by atoms with Crippen LogP contribution in [0.5, 0.6) is 0 Å². The molecule has 1 aliphatic heterocycles. The van der Waals surface area contributed by atoms with E-state index < -0.39 is 11.4 Å². The number of benzene rings is 1. The number of amides is 1. The molecule has 5 nitrogen and oxygen atoms in total. The van der Waals surface area contributed by atoms with Crippen LogP contribution in [0.3, 0.4) is 0 Å². The van der Waals surface area contributed by atoms with Crippen LogP contribution in [0, 0.1) is 0 Å². The van der Waals surface area contributed by atoms with E-state index in [1.807, 2.05) is 0 Å². The number of carboxylic acid groups (broad SMARTS) is 1. The Morgan fingerprint density at radius 2 is 2.00 bits per heavy atom. The minimum atomic E-state index is -0.992. The van der Waals surface area contributed by atoms with Gasteiger partial charge in [-0.3, -0.25) is 4.79 Å². The van der Waals surface area contributed by atoms with Crippen molar-refractivity contribution in [2.75, 3.05) is 5.32 Å². The molecule has 5 heteroatoms. The van der Waals surface area contributed by atoms with Gasteiger partial charge in [-0.05, 0) is 49.4 Å². The molecule has 1 spiro atoms. The fourth-order valence-electron chi connectivity index (χ4n) is 3.14. The first kappa shape index (κ1) is 12.2. The third-order valence-corrected chi connectivity index (χ3v) is 4.27. The molecule has 3 rings (SSSR count). The lowest BCUT2D eigenvalue weighted by Crippen LogP contribution is -2.39. The molecule has 1 fully saturated rings. The van der Waals surface area contributed by atoms with Crippen molar-refractivity contribution in [3.8, 4) is 0 Å². The zero-order chi connectivity index (χ0) is 13.6. The van der Waals surface area contributed by atoms with Crippen molar-refractivity contribution in [2.24, 2.45) is 0 Å². The molecule has 0 unspecified atom stereocenters. The van der Waals surface area contributed by atoms with Gasteiger partial charge >= 0.3 is 5.97 Å². The number of carbonyl (C=O) groups excluding carboxylic acids is 1. The summed E-state index contributed by atoms with van der Waals surface area (Å²) in [4.78, 5) is 23.3. The van der Waals surface area contributed by atoms with Crippen LogP contribution in [0.15, 0.2) is 18.2 Å². The Labute approximate surface area is 110 Å². The summed E-state index contributed by atoms with van der Waals surface area (Å²) in [6, 6.07) is 4.74. The maximum atomic E-state index is 12.3. The topological polar surface area (TPSA) is 86.6 Å². The number of rotatable bonds is 1. The Morgan fingerprint density at radius 3 is 2.63 bits per heavy atom. The molecule has 1 saturated carbocycles. The summed E-state index contributed by atoms with van der Waals surface area (Å²) in [5.41, 5.74) is 1.01. The summed E-state index contributed by atoms with van der Waals surface area (Å²) in [5, 5.41) is 21.5. The van der Waals surface area contributed by atoms with Crippen LogP contribution < -0.4 is 5.32 Å². The summed E-state index contributed by atoms with van der Waals surface area (Å²) < 4.78 is 0. The Balaban J connectivity index is 2.07. The second kappa shape index (κ2) is 4.06. The number of fused-ring (bicyclic) bond motifs is 2. The number of hydrogen-bond acceptors (Lipinski definition) is 3. The minimum absolute atomic E-state index is 0.0723. The standard InChI is InChI=1S/C14H15NO4/c16-9-3-5-14(6-4-9)10-7-8(12(17)18)1-2-11(10)15-13(14)19/h1-2,7,9,16H,3-6H2,(H,15,19)(H,17,18)/t9-,14+. The molecular weight excluding hydrogens is 246 g/mol. The molecule has 2 aliphatic rings. The first-order chi connectivity index (χ1) is 9.03. The zero-order valence-electron chi connectivity index (χ0n) is 10.3. The smallest absolute Gasteiger partial charge is 0.335 e. The lowest BCUT2D eigenvalue weighted by atomic mass is 9.69. The quantitative estimate of drug-likeness (QED) is 0.715. The van der Waals surface area contributed by atoms with Crippen LogP contribution in [0.25, 0.3) is 0 Å². The maximum Gasteiger partial charge on any atom is 0.335 e. The molecule has 0 atom stereocenters. The van der Waals surface area contributed by atoms with Crippen molar-refractivity contribution in [1.82, 2.24) is 0 Å². The maximum absolute atomic E-state index is 12.3. The summed E-state index contributed by atoms with van der Waals surface area (Å²) in [7, 11) is 0. The Kier molecular flexibility index (Phi) is 2.60. The molecule has 1 aromatic rings. The van der Waals surface area contributed by atoms with E-state index in [1.165, 1.54) is 6.07 Å². The number of carboxylic acids is 1. The highest BCUT2D eigenvalue weighted by Gasteiger charge is 2.48. The van der Waals surface area contributed by atoms with Gasteiger partial charge in [0.05, 0.1) is 17.1 Å². The molecule has 0 radical (unpaired) electrons. The van der Waals surface area contributed by atoms with Crippen LogP contribution in [-0.4, -0.2) is 28.2 Å². The third-order valence-electron chi connectivity index (χ3n) is 4.27. The number of carbonyl (C=O) groups is 2. The molecule has 100 valence electrons. The fourth-order valence-corrected chi connectivity index (χ4v) is 3.14. The predicted octanol–water partition coefficient (Wildman–Crippen LogP) is 1.51. The first-order valence-electron chi connectivity index (χ1n) is 6.40. The van der Waals surface area contributed by atoms with E-state index in [4.69, 9.17) is 5.11 Å². The zero-order valence-corrected chi connectivity index (χ0v) is 10.3. The van der Waals surface area contributed by atoms with Crippen molar-refractivity contribution < 1.29 is 19.8 Å². The molecule has 19 heavy (non-hydrogen) atoms. The normalized spacial score (nSPS) is 29.1. The van der Waals surface area contributed by atoms with E-state index in [0.717, 1.165) is 5.56 Å². The summed E-state index contributed by atoms with van der Waals surface area (Å²) in [6.45, 7) is 0. The van der Waals surface area contributed by atoms with Gasteiger partial charge in [-0.25, -0.2) is 4.79 Å². The Bertz CT molecular complexity index is 559. The molecule has 0 bridgehead atoms. The van der Waals surface area contributed by atoms with E-state index >= 15 is 0 Å². The lowest BCUT2D eigenvalue weighted by Gasteiger charge is -2.33. The Hall–Kier alpha value is -1.88. The number of nitrogens with one attached hydrogen (secondary N) is 1. The average Bonchev–Trinajstić information content (AvgIpc) is 2.65. The summed E-state index contributed by atoms with van der Waals surface area (Å²) in [6.07, 6.45) is 1.92. The van der Waals surface area contributed by atoms with Crippen molar-refractivity contribution in [1.29, 1.82) is 0 Å². The second-order valence-electron chi connectivity index (χ2n) is 5.33. The van der Waals surface area contributed by atoms with Crippen LogP contribution in [0.2, 0.25) is 0 Å². The van der Waals surface area contributed by atoms with Crippen molar-refractivity contribution in [3.05, 3.63) is 29.3 Å².